The van der Waals surface area contributed by atoms with Gasteiger partial charge in [0, 0.05) is 11.6 Å². The van der Waals surface area contributed by atoms with Crippen molar-refractivity contribution >= 4 is 0 Å². The quantitative estimate of drug-likeness (QED) is 0.893. The molecule has 2 N–H and O–H groups in total. The van der Waals surface area contributed by atoms with Crippen molar-refractivity contribution in [2.75, 3.05) is 6.54 Å². The average Bonchev–Trinajstić information content (AvgIpc) is 2.62. The predicted molar refractivity (Wildman–Crippen MR) is 59.4 cm³/mol. The molecule has 0 saturated carbocycles. The zero-order valence-corrected chi connectivity index (χ0v) is 9.34. The Labute approximate surface area is 97.2 Å². The van der Waals surface area contributed by atoms with Crippen LogP contribution in [0, 0.1) is 18.6 Å². The summed E-state index contributed by atoms with van der Waals surface area (Å²) in [6.07, 6.45) is 0.543. The van der Waals surface area contributed by atoms with Crippen LogP contribution < -0.4 is 5.73 Å². The second kappa shape index (κ2) is 4.63. The van der Waals surface area contributed by atoms with Crippen molar-refractivity contribution in [2.45, 2.75) is 13.3 Å². The SMILES string of the molecule is Cc1noc(-c2ccc(F)cc2F)c1CCN. The van der Waals surface area contributed by atoms with E-state index in [1.54, 1.807) is 6.92 Å². The molecule has 1 aromatic carbocycles. The first-order valence-corrected chi connectivity index (χ1v) is 5.24. The molecule has 0 spiro atoms. The summed E-state index contributed by atoms with van der Waals surface area (Å²) in [7, 11) is 0. The van der Waals surface area contributed by atoms with Gasteiger partial charge in [-0.25, -0.2) is 8.78 Å². The van der Waals surface area contributed by atoms with Crippen molar-refractivity contribution in [1.29, 1.82) is 0 Å². The lowest BCUT2D eigenvalue weighted by Crippen LogP contribution is -2.04. The number of hydrogen-bond acceptors (Lipinski definition) is 3. The van der Waals surface area contributed by atoms with Crippen molar-refractivity contribution in [1.82, 2.24) is 5.16 Å². The van der Waals surface area contributed by atoms with E-state index in [-0.39, 0.29) is 5.56 Å². The van der Waals surface area contributed by atoms with Gasteiger partial charge in [-0.2, -0.15) is 0 Å². The Morgan fingerprint density at radius 3 is 2.76 bits per heavy atom. The minimum Gasteiger partial charge on any atom is -0.356 e. The monoisotopic (exact) mass is 238 g/mol. The Balaban J connectivity index is 2.52. The third kappa shape index (κ3) is 2.19. The molecule has 0 aliphatic heterocycles. The van der Waals surface area contributed by atoms with Crippen LogP contribution in [0.5, 0.6) is 0 Å². The molecule has 0 aliphatic carbocycles. The number of aromatic nitrogens is 1. The van der Waals surface area contributed by atoms with E-state index in [0.717, 1.165) is 11.6 Å². The summed E-state index contributed by atoms with van der Waals surface area (Å²) < 4.78 is 31.5. The fourth-order valence-corrected chi connectivity index (χ4v) is 1.71. The molecule has 0 bridgehead atoms. The van der Waals surface area contributed by atoms with Crippen molar-refractivity contribution in [2.24, 2.45) is 5.73 Å². The lowest BCUT2D eigenvalue weighted by molar-refractivity contribution is 0.424. The van der Waals surface area contributed by atoms with Gasteiger partial charge in [-0.3, -0.25) is 0 Å². The topological polar surface area (TPSA) is 52.0 Å². The van der Waals surface area contributed by atoms with Gasteiger partial charge in [-0.05, 0) is 32.0 Å². The van der Waals surface area contributed by atoms with Crippen molar-refractivity contribution in [3.63, 3.8) is 0 Å². The average molecular weight is 238 g/mol. The van der Waals surface area contributed by atoms with E-state index in [9.17, 15) is 8.78 Å². The standard InChI is InChI=1S/C12H12F2N2O/c1-7-9(4-5-15)12(17-16-7)10-3-2-8(13)6-11(10)14/h2-3,6H,4-5,15H2,1H3. The molecular weight excluding hydrogens is 226 g/mol. The molecular formula is C12H12F2N2O. The lowest BCUT2D eigenvalue weighted by atomic mass is 10.0. The number of benzene rings is 1. The number of hydrogen-bond donors (Lipinski definition) is 1. The number of aryl methyl sites for hydroxylation is 1. The minimum absolute atomic E-state index is 0.204. The van der Waals surface area contributed by atoms with Gasteiger partial charge in [-0.15, -0.1) is 0 Å². The van der Waals surface area contributed by atoms with Crippen LogP contribution in [0.4, 0.5) is 8.78 Å². The number of nitrogens with zero attached hydrogens (tertiary/aromatic N) is 1. The van der Waals surface area contributed by atoms with Gasteiger partial charge in [0.15, 0.2) is 5.76 Å². The molecule has 0 amide bonds. The largest absolute Gasteiger partial charge is 0.356 e. The van der Waals surface area contributed by atoms with Crippen LogP contribution in [-0.4, -0.2) is 11.7 Å². The number of rotatable bonds is 3. The molecule has 2 aromatic rings. The Hall–Kier alpha value is -1.75. The van der Waals surface area contributed by atoms with Crippen molar-refractivity contribution in [3.8, 4) is 11.3 Å². The highest BCUT2D eigenvalue weighted by Crippen LogP contribution is 2.28. The Morgan fingerprint density at radius 1 is 1.35 bits per heavy atom. The van der Waals surface area contributed by atoms with E-state index in [2.05, 4.69) is 5.16 Å². The van der Waals surface area contributed by atoms with Gasteiger partial charge in [0.2, 0.25) is 0 Å². The summed E-state index contributed by atoms with van der Waals surface area (Å²) in [5, 5.41) is 3.78. The van der Waals surface area contributed by atoms with Gasteiger partial charge in [0.25, 0.3) is 0 Å². The van der Waals surface area contributed by atoms with E-state index >= 15 is 0 Å². The fourth-order valence-electron chi connectivity index (χ4n) is 1.71. The molecule has 3 nitrogen and oxygen atoms in total. The summed E-state index contributed by atoms with van der Waals surface area (Å²) in [5.41, 5.74) is 7.12. The molecule has 17 heavy (non-hydrogen) atoms. The molecule has 0 saturated heterocycles. The van der Waals surface area contributed by atoms with Crippen LogP contribution in [0.25, 0.3) is 11.3 Å². The predicted octanol–water partition coefficient (Wildman–Crippen LogP) is 2.43. The summed E-state index contributed by atoms with van der Waals surface area (Å²) in [6.45, 7) is 2.18. The van der Waals surface area contributed by atoms with Crippen molar-refractivity contribution < 1.29 is 13.3 Å². The van der Waals surface area contributed by atoms with Crippen LogP contribution in [0.15, 0.2) is 22.7 Å². The van der Waals surface area contributed by atoms with Gasteiger partial charge < -0.3 is 10.3 Å². The molecule has 5 heteroatoms. The zero-order valence-electron chi connectivity index (χ0n) is 9.34. The van der Waals surface area contributed by atoms with Crippen LogP contribution >= 0.6 is 0 Å². The van der Waals surface area contributed by atoms with Gasteiger partial charge in [0.05, 0.1) is 11.3 Å². The minimum atomic E-state index is -0.667. The smallest absolute Gasteiger partial charge is 0.173 e. The summed E-state index contributed by atoms with van der Waals surface area (Å²) in [6, 6.07) is 3.34. The van der Waals surface area contributed by atoms with Gasteiger partial charge >= 0.3 is 0 Å². The highest BCUT2D eigenvalue weighted by molar-refractivity contribution is 5.62. The summed E-state index contributed by atoms with van der Waals surface area (Å²) in [5.74, 6) is -0.965. The second-order valence-electron chi connectivity index (χ2n) is 3.74. The van der Waals surface area contributed by atoms with Crippen LogP contribution in [-0.2, 0) is 6.42 Å². The van der Waals surface area contributed by atoms with Crippen LogP contribution in [0.1, 0.15) is 11.3 Å². The molecule has 0 fully saturated rings. The fraction of sp³-hybridized carbons (Fsp3) is 0.250. The molecule has 0 radical (unpaired) electrons. The first-order chi connectivity index (χ1) is 8.13. The van der Waals surface area contributed by atoms with E-state index in [4.69, 9.17) is 10.3 Å². The normalized spacial score (nSPS) is 10.8. The third-order valence-corrected chi connectivity index (χ3v) is 2.55. The zero-order chi connectivity index (χ0) is 12.4. The van der Waals surface area contributed by atoms with E-state index in [1.165, 1.54) is 12.1 Å². The first kappa shape index (κ1) is 11.7. The highest BCUT2D eigenvalue weighted by atomic mass is 19.1. The highest BCUT2D eigenvalue weighted by Gasteiger charge is 2.17. The first-order valence-electron chi connectivity index (χ1n) is 5.24. The molecule has 1 heterocycles. The maximum Gasteiger partial charge on any atom is 0.173 e. The van der Waals surface area contributed by atoms with Crippen molar-refractivity contribution in [3.05, 3.63) is 41.1 Å². The van der Waals surface area contributed by atoms with Crippen LogP contribution in [0.2, 0.25) is 0 Å². The van der Waals surface area contributed by atoms with Gasteiger partial charge in [0.1, 0.15) is 11.6 Å². The molecule has 0 atom stereocenters. The van der Waals surface area contributed by atoms with E-state index in [1.807, 2.05) is 0 Å². The maximum atomic E-state index is 13.6. The Bertz CT molecular complexity index is 537. The molecule has 1 aromatic heterocycles. The second-order valence-corrected chi connectivity index (χ2v) is 3.74. The lowest BCUT2D eigenvalue weighted by Gasteiger charge is -2.02. The van der Waals surface area contributed by atoms with E-state index < -0.39 is 11.6 Å². The summed E-state index contributed by atoms with van der Waals surface area (Å²) >= 11 is 0. The Kier molecular flexibility index (Phi) is 3.19. The van der Waals surface area contributed by atoms with Crippen LogP contribution in [0.3, 0.4) is 0 Å². The molecule has 0 aliphatic rings. The van der Waals surface area contributed by atoms with E-state index in [0.29, 0.717) is 24.4 Å². The Morgan fingerprint density at radius 2 is 2.12 bits per heavy atom. The third-order valence-electron chi connectivity index (χ3n) is 2.55. The molecule has 0 unspecified atom stereocenters. The number of halogens is 2. The summed E-state index contributed by atoms with van der Waals surface area (Å²) in [4.78, 5) is 0. The molecule has 2 rings (SSSR count). The van der Waals surface area contributed by atoms with Gasteiger partial charge in [-0.1, -0.05) is 5.16 Å². The maximum absolute atomic E-state index is 13.6. The number of nitrogens with two attached hydrogens (primary N) is 1. The molecule has 90 valence electrons.